The summed E-state index contributed by atoms with van der Waals surface area (Å²) >= 11 is 0. The van der Waals surface area contributed by atoms with Gasteiger partial charge in [0.1, 0.15) is 12.4 Å². The molecule has 2 heterocycles. The van der Waals surface area contributed by atoms with Crippen molar-refractivity contribution in [1.82, 2.24) is 19.8 Å². The van der Waals surface area contributed by atoms with Crippen molar-refractivity contribution in [2.24, 2.45) is 0 Å². The van der Waals surface area contributed by atoms with Crippen LogP contribution in [0.4, 0.5) is 0 Å². The first-order valence-electron chi connectivity index (χ1n) is 11.7. The summed E-state index contributed by atoms with van der Waals surface area (Å²) in [4.78, 5) is 32.9. The van der Waals surface area contributed by atoms with Crippen molar-refractivity contribution in [3.63, 3.8) is 0 Å². The number of carbonyl (C=O) groups is 1. The maximum Gasteiger partial charge on any atom is 0.258 e. The summed E-state index contributed by atoms with van der Waals surface area (Å²) in [6, 6.07) is 20.5. The van der Waals surface area contributed by atoms with Crippen molar-refractivity contribution in [3.05, 3.63) is 99.2 Å². The lowest BCUT2D eigenvalue weighted by molar-refractivity contribution is -0.122. The van der Waals surface area contributed by atoms with Crippen molar-refractivity contribution >= 4 is 5.91 Å². The van der Waals surface area contributed by atoms with Crippen molar-refractivity contribution in [2.45, 2.75) is 58.8 Å². The quantitative estimate of drug-likeness (QED) is 0.579. The van der Waals surface area contributed by atoms with Gasteiger partial charge in [0.15, 0.2) is 0 Å². The normalized spacial score (nSPS) is 14.5. The van der Waals surface area contributed by atoms with E-state index in [0.717, 1.165) is 38.0 Å². The molecule has 1 N–H and O–H groups in total. The van der Waals surface area contributed by atoms with Gasteiger partial charge in [-0.1, -0.05) is 60.7 Å². The number of nitrogens with one attached hydrogen (secondary N) is 1. The Morgan fingerprint density at radius 1 is 1.06 bits per heavy atom. The fourth-order valence-corrected chi connectivity index (χ4v) is 4.42. The monoisotopic (exact) mass is 444 g/mol. The predicted octanol–water partition coefficient (Wildman–Crippen LogP) is 3.25. The number of benzene rings is 2. The molecule has 2 aromatic carbocycles. The molecule has 6 nitrogen and oxygen atoms in total. The molecule has 6 heteroatoms. The molecule has 4 rings (SSSR count). The standard InChI is InChI=1S/C27H32N4O2/c1-20(13-14-22-9-5-3-6-10-22)28-26(32)19-31-21(2)29-25-15-16-30(18-24(25)27(31)33)17-23-11-7-4-8-12-23/h3-12,20H,13-19H2,1-2H3,(H,28,32)/t20-/m0/s1. The number of fused-ring (bicyclic) bond motifs is 1. The largest absolute Gasteiger partial charge is 0.352 e. The second-order valence-electron chi connectivity index (χ2n) is 8.91. The van der Waals surface area contributed by atoms with Gasteiger partial charge in [-0.3, -0.25) is 19.1 Å². The average Bonchev–Trinajstić information content (AvgIpc) is 2.82. The van der Waals surface area contributed by atoms with Gasteiger partial charge in [-0.2, -0.15) is 0 Å². The molecule has 0 fully saturated rings. The lowest BCUT2D eigenvalue weighted by Gasteiger charge is -2.28. The molecule has 1 aliphatic rings. The van der Waals surface area contributed by atoms with Crippen LogP contribution in [0.25, 0.3) is 0 Å². The van der Waals surface area contributed by atoms with E-state index in [0.29, 0.717) is 17.9 Å². The third-order valence-corrected chi connectivity index (χ3v) is 6.25. The van der Waals surface area contributed by atoms with Gasteiger partial charge in [0.25, 0.3) is 5.56 Å². The number of amides is 1. The fraction of sp³-hybridized carbons (Fsp3) is 0.370. The molecule has 0 bridgehead atoms. The Labute approximate surface area is 195 Å². The molecule has 0 saturated heterocycles. The van der Waals surface area contributed by atoms with Gasteiger partial charge in [0, 0.05) is 32.1 Å². The van der Waals surface area contributed by atoms with Crippen LogP contribution in [-0.4, -0.2) is 32.9 Å². The lowest BCUT2D eigenvalue weighted by Crippen LogP contribution is -2.42. The summed E-state index contributed by atoms with van der Waals surface area (Å²) in [6.45, 7) is 6.04. The van der Waals surface area contributed by atoms with Gasteiger partial charge < -0.3 is 5.32 Å². The minimum atomic E-state index is -0.153. The first kappa shape index (κ1) is 22.9. The van der Waals surface area contributed by atoms with Gasteiger partial charge in [0.05, 0.1) is 11.3 Å². The third kappa shape index (κ3) is 5.96. The zero-order valence-corrected chi connectivity index (χ0v) is 19.5. The van der Waals surface area contributed by atoms with Crippen molar-refractivity contribution in [2.75, 3.05) is 6.54 Å². The van der Waals surface area contributed by atoms with E-state index in [4.69, 9.17) is 0 Å². The molecule has 3 aromatic rings. The molecule has 0 aliphatic carbocycles. The summed E-state index contributed by atoms with van der Waals surface area (Å²) in [6.07, 6.45) is 2.50. The van der Waals surface area contributed by atoms with Crippen LogP contribution in [-0.2, 0) is 37.3 Å². The van der Waals surface area contributed by atoms with E-state index in [-0.39, 0.29) is 24.1 Å². The Morgan fingerprint density at radius 2 is 1.73 bits per heavy atom. The molecule has 172 valence electrons. The van der Waals surface area contributed by atoms with Gasteiger partial charge in [0.2, 0.25) is 5.91 Å². The van der Waals surface area contributed by atoms with Gasteiger partial charge in [-0.05, 0) is 37.8 Å². The van der Waals surface area contributed by atoms with E-state index >= 15 is 0 Å². The lowest BCUT2D eigenvalue weighted by atomic mass is 10.1. The molecule has 0 saturated carbocycles. The number of hydrogen-bond acceptors (Lipinski definition) is 4. The van der Waals surface area contributed by atoms with Crippen molar-refractivity contribution in [1.29, 1.82) is 0 Å². The van der Waals surface area contributed by atoms with Crippen LogP contribution in [0.1, 0.15) is 41.6 Å². The zero-order chi connectivity index (χ0) is 23.2. The van der Waals surface area contributed by atoms with Gasteiger partial charge >= 0.3 is 0 Å². The second kappa shape index (κ2) is 10.6. The second-order valence-corrected chi connectivity index (χ2v) is 8.91. The Bertz CT molecular complexity index is 1140. The number of rotatable bonds is 8. The Morgan fingerprint density at radius 3 is 2.42 bits per heavy atom. The maximum atomic E-state index is 13.3. The minimum Gasteiger partial charge on any atom is -0.352 e. The Balaban J connectivity index is 1.39. The molecule has 1 aliphatic heterocycles. The highest BCUT2D eigenvalue weighted by molar-refractivity contribution is 5.76. The van der Waals surface area contributed by atoms with Crippen molar-refractivity contribution in [3.8, 4) is 0 Å². The number of aromatic nitrogens is 2. The molecule has 33 heavy (non-hydrogen) atoms. The summed E-state index contributed by atoms with van der Waals surface area (Å²) in [5.41, 5.74) is 3.97. The minimum absolute atomic E-state index is 0.000686. The SMILES string of the molecule is Cc1nc2c(c(=O)n1CC(=O)N[C@@H](C)CCc1ccccc1)CN(Cc1ccccc1)CC2. The first-order valence-corrected chi connectivity index (χ1v) is 11.7. The summed E-state index contributed by atoms with van der Waals surface area (Å²) < 4.78 is 1.52. The van der Waals surface area contributed by atoms with E-state index in [1.54, 1.807) is 0 Å². The molecule has 1 aromatic heterocycles. The highest BCUT2D eigenvalue weighted by atomic mass is 16.2. The topological polar surface area (TPSA) is 67.2 Å². The number of carbonyl (C=O) groups excluding carboxylic acids is 1. The van der Waals surface area contributed by atoms with Crippen LogP contribution in [0, 0.1) is 6.92 Å². The highest BCUT2D eigenvalue weighted by Crippen LogP contribution is 2.17. The van der Waals surface area contributed by atoms with Gasteiger partial charge in [-0.15, -0.1) is 0 Å². The molecule has 0 unspecified atom stereocenters. The molecule has 0 radical (unpaired) electrons. The summed E-state index contributed by atoms with van der Waals surface area (Å²) in [7, 11) is 0. The third-order valence-electron chi connectivity index (χ3n) is 6.25. The molecule has 1 atom stereocenters. The van der Waals surface area contributed by atoms with Crippen LogP contribution in [0.3, 0.4) is 0 Å². The molecule has 0 spiro atoms. The van der Waals surface area contributed by atoms with Crippen LogP contribution >= 0.6 is 0 Å². The summed E-state index contributed by atoms with van der Waals surface area (Å²) in [5, 5.41) is 3.04. The zero-order valence-electron chi connectivity index (χ0n) is 19.5. The number of hydrogen-bond donors (Lipinski definition) is 1. The predicted molar refractivity (Wildman–Crippen MR) is 130 cm³/mol. The van der Waals surface area contributed by atoms with E-state index in [9.17, 15) is 9.59 Å². The summed E-state index contributed by atoms with van der Waals surface area (Å²) in [5.74, 6) is 0.446. The van der Waals surface area contributed by atoms with Crippen molar-refractivity contribution < 1.29 is 4.79 Å². The number of nitrogens with zero attached hydrogens (tertiary/aromatic N) is 3. The smallest absolute Gasteiger partial charge is 0.258 e. The van der Waals surface area contributed by atoms with Crippen LogP contribution in [0.15, 0.2) is 65.5 Å². The van der Waals surface area contributed by atoms with E-state index in [1.165, 1.54) is 15.7 Å². The van der Waals surface area contributed by atoms with Crippen LogP contribution in [0.5, 0.6) is 0 Å². The fourth-order valence-electron chi connectivity index (χ4n) is 4.42. The van der Waals surface area contributed by atoms with Crippen LogP contribution in [0.2, 0.25) is 0 Å². The van der Waals surface area contributed by atoms with E-state index in [2.05, 4.69) is 39.5 Å². The van der Waals surface area contributed by atoms with E-state index in [1.807, 2.05) is 50.2 Å². The van der Waals surface area contributed by atoms with E-state index < -0.39 is 0 Å². The Hall–Kier alpha value is -3.25. The average molecular weight is 445 g/mol. The molecule has 1 amide bonds. The maximum absolute atomic E-state index is 13.3. The highest BCUT2D eigenvalue weighted by Gasteiger charge is 2.23. The van der Waals surface area contributed by atoms with Gasteiger partial charge in [-0.25, -0.2) is 4.98 Å². The molecular formula is C27H32N4O2. The number of aryl methyl sites for hydroxylation is 2. The van der Waals surface area contributed by atoms with Crippen LogP contribution < -0.4 is 10.9 Å². The first-order chi connectivity index (χ1) is 16.0. The molecular weight excluding hydrogens is 412 g/mol. The Kier molecular flexibility index (Phi) is 7.35.